The highest BCUT2D eigenvalue weighted by Gasteiger charge is 2.31. The molecule has 0 spiro atoms. The van der Waals surface area contributed by atoms with Crippen molar-refractivity contribution in [3.63, 3.8) is 0 Å². The van der Waals surface area contributed by atoms with Crippen LogP contribution in [0.1, 0.15) is 5.56 Å². The van der Waals surface area contributed by atoms with Gasteiger partial charge in [-0.3, -0.25) is 0 Å². The Morgan fingerprint density at radius 2 is 1.06 bits per heavy atom. The molecular formula is C46H27F3N4S. The molecule has 54 heavy (non-hydrogen) atoms. The van der Waals surface area contributed by atoms with Crippen LogP contribution in [0.15, 0.2) is 164 Å². The van der Waals surface area contributed by atoms with Crippen molar-refractivity contribution < 1.29 is 13.2 Å². The third-order valence-corrected chi connectivity index (χ3v) is 11.1. The van der Waals surface area contributed by atoms with E-state index in [-0.39, 0.29) is 0 Å². The maximum Gasteiger partial charge on any atom is 0.416 e. The predicted octanol–water partition coefficient (Wildman–Crippen LogP) is 13.0. The smallest absolute Gasteiger partial charge is 0.309 e. The fourth-order valence-electron chi connectivity index (χ4n) is 7.39. The highest BCUT2D eigenvalue weighted by Crippen LogP contribution is 2.43. The second-order valence-electron chi connectivity index (χ2n) is 13.1. The number of hydrogen-bond acceptors (Lipinski definition) is 4. The Hall–Kier alpha value is -6.64. The van der Waals surface area contributed by atoms with E-state index < -0.39 is 11.7 Å². The molecule has 0 radical (unpaired) electrons. The first-order valence-electron chi connectivity index (χ1n) is 17.4. The summed E-state index contributed by atoms with van der Waals surface area (Å²) < 4.78 is 46.5. The zero-order valence-corrected chi connectivity index (χ0v) is 29.2. The van der Waals surface area contributed by atoms with Crippen molar-refractivity contribution in [1.29, 1.82) is 0 Å². The molecule has 0 amide bonds. The summed E-state index contributed by atoms with van der Waals surface area (Å²) in [5.41, 5.74) is 5.88. The number of rotatable bonds is 5. The van der Waals surface area contributed by atoms with E-state index in [1.54, 1.807) is 17.4 Å². The minimum absolute atomic E-state index is 0.445. The molecule has 4 nitrogen and oxygen atoms in total. The average Bonchev–Trinajstić information content (AvgIpc) is 3.76. The van der Waals surface area contributed by atoms with Gasteiger partial charge < -0.3 is 4.57 Å². The Labute approximate surface area is 311 Å². The minimum Gasteiger partial charge on any atom is -0.309 e. The summed E-state index contributed by atoms with van der Waals surface area (Å²) in [6.07, 6.45) is -4.48. The van der Waals surface area contributed by atoms with Crippen molar-refractivity contribution in [2.24, 2.45) is 0 Å². The van der Waals surface area contributed by atoms with E-state index >= 15 is 0 Å². The van der Waals surface area contributed by atoms with Gasteiger partial charge in [0.05, 0.1) is 22.3 Å². The molecule has 8 heteroatoms. The number of fused-ring (bicyclic) bond motifs is 6. The Morgan fingerprint density at radius 1 is 0.444 bits per heavy atom. The summed E-state index contributed by atoms with van der Waals surface area (Å²) in [7, 11) is 0. The molecular weight excluding hydrogens is 698 g/mol. The molecule has 0 N–H and O–H groups in total. The summed E-state index contributed by atoms with van der Waals surface area (Å²) in [6, 6.07) is 52.1. The van der Waals surface area contributed by atoms with E-state index in [1.165, 1.54) is 26.2 Å². The van der Waals surface area contributed by atoms with E-state index in [1.807, 2.05) is 95.6 Å². The molecule has 0 atom stereocenters. The topological polar surface area (TPSA) is 43.6 Å². The Balaban J connectivity index is 1.29. The van der Waals surface area contributed by atoms with Crippen LogP contribution in [0.3, 0.4) is 0 Å². The Morgan fingerprint density at radius 3 is 1.78 bits per heavy atom. The number of thiophene rings is 1. The van der Waals surface area contributed by atoms with E-state index in [9.17, 15) is 13.2 Å². The SMILES string of the molecule is FC(F)(F)c1ccc2c(c1)c1ccccc1n2-c1ccc(-c2cccc3c2sc2ccccc23)cc1-c1nc(-c2ccccc2)nc(-c2ccccc2)n1. The molecule has 3 heterocycles. The fraction of sp³-hybridized carbons (Fsp3) is 0.0217. The monoisotopic (exact) mass is 724 g/mol. The van der Waals surface area contributed by atoms with Crippen LogP contribution in [0.5, 0.6) is 0 Å². The van der Waals surface area contributed by atoms with Gasteiger partial charge in [-0.15, -0.1) is 11.3 Å². The summed E-state index contributed by atoms with van der Waals surface area (Å²) in [5, 5.41) is 3.61. The summed E-state index contributed by atoms with van der Waals surface area (Å²) in [5.74, 6) is 1.47. The lowest BCUT2D eigenvalue weighted by atomic mass is 9.99. The number of nitrogens with zero attached hydrogens (tertiary/aromatic N) is 4. The number of hydrogen-bond donors (Lipinski definition) is 0. The molecule has 0 bridgehead atoms. The highest BCUT2D eigenvalue weighted by molar-refractivity contribution is 7.26. The third kappa shape index (κ3) is 5.33. The Bertz CT molecular complexity index is 2980. The van der Waals surface area contributed by atoms with E-state index in [2.05, 4.69) is 54.6 Å². The normalized spacial score (nSPS) is 12.0. The van der Waals surface area contributed by atoms with E-state index in [4.69, 9.17) is 15.0 Å². The average molecular weight is 725 g/mol. The van der Waals surface area contributed by atoms with Gasteiger partial charge in [-0.25, -0.2) is 15.0 Å². The second-order valence-corrected chi connectivity index (χ2v) is 14.2. The summed E-state index contributed by atoms with van der Waals surface area (Å²) >= 11 is 1.75. The van der Waals surface area contributed by atoms with Crippen molar-refractivity contribution in [3.05, 3.63) is 169 Å². The number of halogens is 3. The zero-order chi connectivity index (χ0) is 36.4. The maximum atomic E-state index is 14.0. The first-order valence-corrected chi connectivity index (χ1v) is 18.3. The van der Waals surface area contributed by atoms with Gasteiger partial charge in [0, 0.05) is 47.6 Å². The lowest BCUT2D eigenvalue weighted by molar-refractivity contribution is -0.137. The molecule has 3 aromatic heterocycles. The van der Waals surface area contributed by atoms with Gasteiger partial charge in [-0.2, -0.15) is 13.2 Å². The van der Waals surface area contributed by atoms with Crippen LogP contribution < -0.4 is 0 Å². The molecule has 0 fully saturated rings. The van der Waals surface area contributed by atoms with Crippen molar-refractivity contribution in [1.82, 2.24) is 19.5 Å². The lowest BCUT2D eigenvalue weighted by Gasteiger charge is -2.17. The van der Waals surface area contributed by atoms with E-state index in [0.29, 0.717) is 39.3 Å². The first-order chi connectivity index (χ1) is 26.4. The van der Waals surface area contributed by atoms with Crippen LogP contribution in [0.4, 0.5) is 13.2 Å². The first kappa shape index (κ1) is 32.0. The third-order valence-electron chi connectivity index (χ3n) is 9.89. The summed E-state index contributed by atoms with van der Waals surface area (Å²) in [4.78, 5) is 15.2. The number of alkyl halides is 3. The molecule has 0 saturated carbocycles. The molecule has 0 unspecified atom stereocenters. The quantitative estimate of drug-likeness (QED) is 0.177. The van der Waals surface area contributed by atoms with Gasteiger partial charge in [0.2, 0.25) is 0 Å². The van der Waals surface area contributed by atoms with Gasteiger partial charge in [0.25, 0.3) is 0 Å². The molecule has 258 valence electrons. The molecule has 0 aliphatic carbocycles. The van der Waals surface area contributed by atoms with Crippen LogP contribution in [-0.4, -0.2) is 19.5 Å². The van der Waals surface area contributed by atoms with Crippen molar-refractivity contribution >= 4 is 53.3 Å². The van der Waals surface area contributed by atoms with Crippen LogP contribution in [0, 0.1) is 0 Å². The molecule has 0 aliphatic heterocycles. The Kier molecular flexibility index (Phi) is 7.42. The molecule has 10 aromatic rings. The highest BCUT2D eigenvalue weighted by atomic mass is 32.1. The maximum absolute atomic E-state index is 14.0. The molecule has 0 saturated heterocycles. The van der Waals surface area contributed by atoms with Gasteiger partial charge in [0.15, 0.2) is 17.5 Å². The fourth-order valence-corrected chi connectivity index (χ4v) is 8.63. The second kappa shape index (κ2) is 12.5. The van der Waals surface area contributed by atoms with Gasteiger partial charge in [0.1, 0.15) is 0 Å². The standard InChI is InChI=1S/C46H27F3N4S/c47-46(48,49)31-23-25-39-36(27-31)33-16-7-9-20-38(33)53(39)40-24-22-30(32-18-11-19-35-34-17-8-10-21-41(34)54-42(32)35)26-37(40)45-51-43(28-12-3-1-4-13-28)50-44(52-45)29-14-5-2-6-15-29/h1-27H. The molecule has 0 aliphatic rings. The predicted molar refractivity (Wildman–Crippen MR) is 214 cm³/mol. The van der Waals surface area contributed by atoms with Crippen molar-refractivity contribution in [3.8, 4) is 51.0 Å². The van der Waals surface area contributed by atoms with Crippen LogP contribution >= 0.6 is 11.3 Å². The van der Waals surface area contributed by atoms with Crippen LogP contribution in [0.2, 0.25) is 0 Å². The minimum atomic E-state index is -4.48. The summed E-state index contributed by atoms with van der Waals surface area (Å²) in [6.45, 7) is 0. The van der Waals surface area contributed by atoms with Crippen LogP contribution in [-0.2, 0) is 6.18 Å². The van der Waals surface area contributed by atoms with Crippen LogP contribution in [0.25, 0.3) is 93.0 Å². The van der Waals surface area contributed by atoms with Gasteiger partial charge in [-0.1, -0.05) is 121 Å². The number of para-hydroxylation sites is 1. The molecule has 10 rings (SSSR count). The zero-order valence-electron chi connectivity index (χ0n) is 28.4. The van der Waals surface area contributed by atoms with Gasteiger partial charge in [-0.05, 0) is 53.6 Å². The van der Waals surface area contributed by atoms with Gasteiger partial charge >= 0.3 is 6.18 Å². The number of aromatic nitrogens is 4. The van der Waals surface area contributed by atoms with Crippen molar-refractivity contribution in [2.75, 3.05) is 0 Å². The van der Waals surface area contributed by atoms with Crippen molar-refractivity contribution in [2.45, 2.75) is 6.18 Å². The van der Waals surface area contributed by atoms with E-state index in [0.717, 1.165) is 39.5 Å². The molecule has 7 aromatic carbocycles. The lowest BCUT2D eigenvalue weighted by Crippen LogP contribution is -2.05. The number of benzene rings is 7. The largest absolute Gasteiger partial charge is 0.416 e.